The maximum absolute atomic E-state index is 12.2. The van der Waals surface area contributed by atoms with Crippen molar-refractivity contribution in [3.8, 4) is 0 Å². The zero-order valence-electron chi connectivity index (χ0n) is 14.4. The van der Waals surface area contributed by atoms with Crippen molar-refractivity contribution in [1.29, 1.82) is 0 Å². The van der Waals surface area contributed by atoms with E-state index in [4.69, 9.17) is 4.74 Å². The zero-order valence-corrected chi connectivity index (χ0v) is 14.4. The zero-order chi connectivity index (χ0) is 17.0. The standard InChI is InChI=1S/C16H26N4O3/c1-16(2,3)13-5-6-14(21)20(17-13)12-18(4)11-15(22)19-7-9-23-10-8-19/h5-6H,7-12H2,1-4H3. The lowest BCUT2D eigenvalue weighted by Gasteiger charge is -2.28. The monoisotopic (exact) mass is 322 g/mol. The maximum Gasteiger partial charge on any atom is 0.267 e. The van der Waals surface area contributed by atoms with Crippen LogP contribution in [-0.2, 0) is 21.6 Å². The van der Waals surface area contributed by atoms with E-state index in [9.17, 15) is 9.59 Å². The van der Waals surface area contributed by atoms with Crippen molar-refractivity contribution in [2.24, 2.45) is 0 Å². The van der Waals surface area contributed by atoms with Gasteiger partial charge in [-0.1, -0.05) is 20.8 Å². The number of ether oxygens (including phenoxy) is 1. The molecule has 23 heavy (non-hydrogen) atoms. The van der Waals surface area contributed by atoms with Crippen LogP contribution in [0.1, 0.15) is 26.5 Å². The number of nitrogens with zero attached hydrogens (tertiary/aromatic N) is 4. The Morgan fingerprint density at radius 1 is 1.30 bits per heavy atom. The van der Waals surface area contributed by atoms with Crippen molar-refractivity contribution in [3.05, 3.63) is 28.2 Å². The van der Waals surface area contributed by atoms with Gasteiger partial charge in [-0.05, 0) is 13.1 Å². The largest absolute Gasteiger partial charge is 0.378 e. The van der Waals surface area contributed by atoms with E-state index in [0.29, 0.717) is 33.0 Å². The summed E-state index contributed by atoms with van der Waals surface area (Å²) in [5.74, 6) is 0.0517. The van der Waals surface area contributed by atoms with Crippen LogP contribution in [0.2, 0.25) is 0 Å². The number of carbonyl (C=O) groups is 1. The summed E-state index contributed by atoms with van der Waals surface area (Å²) < 4.78 is 6.66. The highest BCUT2D eigenvalue weighted by molar-refractivity contribution is 5.78. The van der Waals surface area contributed by atoms with Crippen LogP contribution in [0.4, 0.5) is 0 Å². The van der Waals surface area contributed by atoms with Crippen molar-refractivity contribution in [2.75, 3.05) is 39.9 Å². The molecule has 7 nitrogen and oxygen atoms in total. The molecular formula is C16H26N4O3. The van der Waals surface area contributed by atoms with Crippen LogP contribution in [0, 0.1) is 0 Å². The molecule has 0 aromatic carbocycles. The highest BCUT2D eigenvalue weighted by atomic mass is 16.5. The van der Waals surface area contributed by atoms with Crippen molar-refractivity contribution in [2.45, 2.75) is 32.9 Å². The lowest BCUT2D eigenvalue weighted by molar-refractivity contribution is -0.136. The average molecular weight is 322 g/mol. The molecule has 1 saturated heterocycles. The van der Waals surface area contributed by atoms with Crippen LogP contribution in [0.15, 0.2) is 16.9 Å². The molecule has 1 aromatic heterocycles. The molecule has 0 bridgehead atoms. The van der Waals surface area contributed by atoms with Crippen molar-refractivity contribution >= 4 is 5.91 Å². The number of aromatic nitrogens is 2. The van der Waals surface area contributed by atoms with Crippen molar-refractivity contribution in [3.63, 3.8) is 0 Å². The Bertz CT molecular complexity index is 600. The third-order valence-electron chi connectivity index (χ3n) is 3.78. The number of morpholine rings is 1. The Labute approximate surface area is 136 Å². The average Bonchev–Trinajstić information content (AvgIpc) is 2.49. The van der Waals surface area contributed by atoms with Gasteiger partial charge in [0.2, 0.25) is 5.91 Å². The quantitative estimate of drug-likeness (QED) is 0.797. The molecular weight excluding hydrogens is 296 g/mol. The highest BCUT2D eigenvalue weighted by Gasteiger charge is 2.20. The first kappa shape index (κ1) is 17.6. The second-order valence-electron chi connectivity index (χ2n) is 6.96. The van der Waals surface area contributed by atoms with E-state index < -0.39 is 0 Å². The van der Waals surface area contributed by atoms with Gasteiger partial charge in [-0.25, -0.2) is 4.68 Å². The van der Waals surface area contributed by atoms with E-state index >= 15 is 0 Å². The molecule has 1 amide bonds. The van der Waals surface area contributed by atoms with Gasteiger partial charge in [0.25, 0.3) is 5.56 Å². The molecule has 0 unspecified atom stereocenters. The molecule has 0 spiro atoms. The van der Waals surface area contributed by atoms with Crippen LogP contribution in [-0.4, -0.2) is 65.4 Å². The van der Waals surface area contributed by atoms with E-state index in [1.807, 2.05) is 7.05 Å². The molecule has 2 heterocycles. The third-order valence-corrected chi connectivity index (χ3v) is 3.78. The molecule has 0 aliphatic carbocycles. The Morgan fingerprint density at radius 2 is 1.96 bits per heavy atom. The van der Waals surface area contributed by atoms with E-state index in [1.54, 1.807) is 15.9 Å². The SMILES string of the molecule is CN(CC(=O)N1CCOCC1)Cn1nc(C(C)(C)C)ccc1=O. The Kier molecular flexibility index (Phi) is 5.54. The number of hydrogen-bond acceptors (Lipinski definition) is 5. The van der Waals surface area contributed by atoms with Gasteiger partial charge in [-0.3, -0.25) is 14.5 Å². The number of hydrogen-bond donors (Lipinski definition) is 0. The normalized spacial score (nSPS) is 16.0. The molecule has 2 rings (SSSR count). The predicted molar refractivity (Wildman–Crippen MR) is 87.2 cm³/mol. The van der Waals surface area contributed by atoms with Crippen LogP contribution in [0.25, 0.3) is 0 Å². The number of likely N-dealkylation sites (N-methyl/N-ethyl adjacent to an activating group) is 1. The van der Waals surface area contributed by atoms with Crippen molar-refractivity contribution in [1.82, 2.24) is 19.6 Å². The Morgan fingerprint density at radius 3 is 2.57 bits per heavy atom. The first-order valence-corrected chi connectivity index (χ1v) is 7.90. The molecule has 1 aliphatic heterocycles. The maximum atomic E-state index is 12.2. The smallest absolute Gasteiger partial charge is 0.267 e. The summed E-state index contributed by atoms with van der Waals surface area (Å²) in [4.78, 5) is 27.8. The Balaban J connectivity index is 2.00. The fraction of sp³-hybridized carbons (Fsp3) is 0.688. The molecule has 1 aromatic rings. The van der Waals surface area contributed by atoms with Gasteiger partial charge in [0.1, 0.15) is 0 Å². The number of rotatable bonds is 4. The fourth-order valence-corrected chi connectivity index (χ4v) is 2.37. The summed E-state index contributed by atoms with van der Waals surface area (Å²) in [7, 11) is 1.82. The van der Waals surface area contributed by atoms with E-state index in [-0.39, 0.29) is 23.4 Å². The number of amides is 1. The summed E-state index contributed by atoms with van der Waals surface area (Å²) in [6, 6.07) is 3.29. The van der Waals surface area contributed by atoms with Gasteiger partial charge in [-0.2, -0.15) is 5.10 Å². The fourth-order valence-electron chi connectivity index (χ4n) is 2.37. The van der Waals surface area contributed by atoms with Gasteiger partial charge in [0.15, 0.2) is 0 Å². The van der Waals surface area contributed by atoms with E-state index in [0.717, 1.165) is 5.69 Å². The van der Waals surface area contributed by atoms with Gasteiger partial charge >= 0.3 is 0 Å². The molecule has 128 valence electrons. The minimum Gasteiger partial charge on any atom is -0.378 e. The molecule has 0 saturated carbocycles. The van der Waals surface area contributed by atoms with Crippen LogP contribution in [0.5, 0.6) is 0 Å². The molecule has 1 aliphatic rings. The summed E-state index contributed by atoms with van der Waals surface area (Å²) in [6.45, 7) is 9.14. The summed E-state index contributed by atoms with van der Waals surface area (Å²) >= 11 is 0. The van der Waals surface area contributed by atoms with E-state index in [2.05, 4.69) is 25.9 Å². The van der Waals surface area contributed by atoms with Gasteiger partial charge in [0.05, 0.1) is 32.1 Å². The first-order chi connectivity index (χ1) is 10.8. The highest BCUT2D eigenvalue weighted by Crippen LogP contribution is 2.18. The summed E-state index contributed by atoms with van der Waals surface area (Å²) in [5.41, 5.74) is 0.561. The third kappa shape index (κ3) is 4.87. The van der Waals surface area contributed by atoms with Gasteiger partial charge < -0.3 is 9.64 Å². The molecule has 1 fully saturated rings. The number of carbonyl (C=O) groups excluding carboxylic acids is 1. The van der Waals surface area contributed by atoms with Gasteiger partial charge in [0, 0.05) is 24.6 Å². The van der Waals surface area contributed by atoms with E-state index in [1.165, 1.54) is 10.7 Å². The van der Waals surface area contributed by atoms with Crippen molar-refractivity contribution < 1.29 is 9.53 Å². The Hall–Kier alpha value is -1.73. The predicted octanol–water partition coefficient (Wildman–Crippen LogP) is 0.289. The molecule has 0 atom stereocenters. The lowest BCUT2D eigenvalue weighted by atomic mass is 9.92. The minimum absolute atomic E-state index is 0.0517. The second kappa shape index (κ2) is 7.23. The molecule has 0 N–H and O–H groups in total. The first-order valence-electron chi connectivity index (χ1n) is 7.90. The molecule has 7 heteroatoms. The molecule has 0 radical (unpaired) electrons. The second-order valence-corrected chi connectivity index (χ2v) is 6.96. The van der Waals surface area contributed by atoms with Crippen LogP contribution in [0.3, 0.4) is 0 Å². The van der Waals surface area contributed by atoms with Crippen LogP contribution < -0.4 is 5.56 Å². The minimum atomic E-state index is -0.163. The summed E-state index contributed by atoms with van der Waals surface area (Å²) in [5, 5.41) is 4.42. The lowest BCUT2D eigenvalue weighted by Crippen LogP contribution is -2.46. The topological polar surface area (TPSA) is 67.7 Å². The van der Waals surface area contributed by atoms with Crippen LogP contribution >= 0.6 is 0 Å². The summed E-state index contributed by atoms with van der Waals surface area (Å²) in [6.07, 6.45) is 0. The van der Waals surface area contributed by atoms with Gasteiger partial charge in [-0.15, -0.1) is 0 Å².